The summed E-state index contributed by atoms with van der Waals surface area (Å²) in [6.07, 6.45) is 9.90. The molecule has 16 heavy (non-hydrogen) atoms. The number of thioether (sulfide) groups is 1. The van der Waals surface area contributed by atoms with Gasteiger partial charge in [-0.3, -0.25) is 0 Å². The van der Waals surface area contributed by atoms with Gasteiger partial charge >= 0.3 is 0 Å². The third-order valence-electron chi connectivity index (χ3n) is 3.61. The van der Waals surface area contributed by atoms with Crippen molar-refractivity contribution in [2.75, 3.05) is 18.1 Å². The SMILES string of the molecule is CCCCCC(CC1CCSCC1)NCC. The summed E-state index contributed by atoms with van der Waals surface area (Å²) in [6.45, 7) is 5.67. The number of nitrogens with one attached hydrogen (secondary N) is 1. The first-order chi connectivity index (χ1) is 7.86. The van der Waals surface area contributed by atoms with E-state index >= 15 is 0 Å². The van der Waals surface area contributed by atoms with Crippen LogP contribution in [0.1, 0.15) is 58.8 Å². The highest BCUT2D eigenvalue weighted by Gasteiger charge is 2.18. The van der Waals surface area contributed by atoms with Crippen LogP contribution in [0.4, 0.5) is 0 Å². The van der Waals surface area contributed by atoms with Crippen molar-refractivity contribution in [3.8, 4) is 0 Å². The Hall–Kier alpha value is 0.310. The molecule has 0 aromatic rings. The Morgan fingerprint density at radius 3 is 2.56 bits per heavy atom. The molecular formula is C14H29NS. The van der Waals surface area contributed by atoms with Gasteiger partial charge in [0.15, 0.2) is 0 Å². The third kappa shape index (κ3) is 6.15. The molecule has 1 aliphatic rings. The molecule has 96 valence electrons. The van der Waals surface area contributed by atoms with Gasteiger partial charge in [-0.25, -0.2) is 0 Å². The highest BCUT2D eigenvalue weighted by molar-refractivity contribution is 7.99. The molecule has 1 unspecified atom stereocenters. The Labute approximate surface area is 106 Å². The van der Waals surface area contributed by atoms with E-state index in [1.807, 2.05) is 0 Å². The summed E-state index contributed by atoms with van der Waals surface area (Å²) < 4.78 is 0. The van der Waals surface area contributed by atoms with Crippen LogP contribution in [0.5, 0.6) is 0 Å². The zero-order valence-corrected chi connectivity index (χ0v) is 12.0. The molecule has 1 saturated heterocycles. The number of rotatable bonds is 8. The first-order valence-electron chi connectivity index (χ1n) is 7.18. The van der Waals surface area contributed by atoms with E-state index in [0.29, 0.717) is 0 Å². The Morgan fingerprint density at radius 2 is 1.94 bits per heavy atom. The van der Waals surface area contributed by atoms with Crippen LogP contribution in [-0.2, 0) is 0 Å². The first kappa shape index (κ1) is 14.4. The molecule has 0 radical (unpaired) electrons. The maximum atomic E-state index is 3.68. The van der Waals surface area contributed by atoms with Gasteiger partial charge in [0.25, 0.3) is 0 Å². The lowest BCUT2D eigenvalue weighted by Gasteiger charge is -2.27. The topological polar surface area (TPSA) is 12.0 Å². The summed E-state index contributed by atoms with van der Waals surface area (Å²) in [6, 6.07) is 0.796. The smallest absolute Gasteiger partial charge is 0.00695 e. The van der Waals surface area contributed by atoms with Crippen LogP contribution in [0, 0.1) is 5.92 Å². The number of unbranched alkanes of at least 4 members (excludes halogenated alkanes) is 2. The summed E-state index contributed by atoms with van der Waals surface area (Å²) in [4.78, 5) is 0. The predicted octanol–water partition coefficient (Wildman–Crippen LogP) is 4.08. The molecule has 0 amide bonds. The summed E-state index contributed by atoms with van der Waals surface area (Å²) in [7, 11) is 0. The number of hydrogen-bond acceptors (Lipinski definition) is 2. The fourth-order valence-electron chi connectivity index (χ4n) is 2.62. The molecule has 1 heterocycles. The van der Waals surface area contributed by atoms with Crippen molar-refractivity contribution in [3.63, 3.8) is 0 Å². The quantitative estimate of drug-likeness (QED) is 0.645. The van der Waals surface area contributed by atoms with E-state index in [4.69, 9.17) is 0 Å². The van der Waals surface area contributed by atoms with E-state index in [1.165, 1.54) is 56.5 Å². The predicted molar refractivity (Wildman–Crippen MR) is 76.3 cm³/mol. The van der Waals surface area contributed by atoms with Gasteiger partial charge < -0.3 is 5.32 Å². The molecule has 1 atom stereocenters. The normalized spacial score (nSPS) is 19.9. The van der Waals surface area contributed by atoms with Crippen LogP contribution >= 0.6 is 11.8 Å². The van der Waals surface area contributed by atoms with Crippen molar-refractivity contribution in [3.05, 3.63) is 0 Å². The van der Waals surface area contributed by atoms with Crippen LogP contribution < -0.4 is 5.32 Å². The van der Waals surface area contributed by atoms with Crippen molar-refractivity contribution in [2.24, 2.45) is 5.92 Å². The largest absolute Gasteiger partial charge is 0.314 e. The molecular weight excluding hydrogens is 214 g/mol. The fraction of sp³-hybridized carbons (Fsp3) is 1.00. The second kappa shape index (κ2) is 9.35. The molecule has 0 spiro atoms. The van der Waals surface area contributed by atoms with E-state index in [1.54, 1.807) is 0 Å². The average Bonchev–Trinajstić information content (AvgIpc) is 2.31. The highest BCUT2D eigenvalue weighted by atomic mass is 32.2. The van der Waals surface area contributed by atoms with E-state index in [-0.39, 0.29) is 0 Å². The van der Waals surface area contributed by atoms with Crippen LogP contribution in [0.3, 0.4) is 0 Å². The van der Waals surface area contributed by atoms with Crippen LogP contribution in [0.25, 0.3) is 0 Å². The molecule has 1 fully saturated rings. The molecule has 2 heteroatoms. The Balaban J connectivity index is 2.19. The zero-order valence-electron chi connectivity index (χ0n) is 11.1. The van der Waals surface area contributed by atoms with E-state index < -0.39 is 0 Å². The van der Waals surface area contributed by atoms with Gasteiger partial charge in [0, 0.05) is 6.04 Å². The molecule has 1 rings (SSSR count). The molecule has 0 aromatic heterocycles. The summed E-state index contributed by atoms with van der Waals surface area (Å²) in [5.41, 5.74) is 0. The monoisotopic (exact) mass is 243 g/mol. The molecule has 0 aromatic carbocycles. The fourth-order valence-corrected chi connectivity index (χ4v) is 3.82. The van der Waals surface area contributed by atoms with Gasteiger partial charge in [-0.2, -0.15) is 11.8 Å². The molecule has 1 N–H and O–H groups in total. The minimum Gasteiger partial charge on any atom is -0.314 e. The second-order valence-electron chi connectivity index (χ2n) is 5.04. The van der Waals surface area contributed by atoms with E-state index in [0.717, 1.165) is 18.5 Å². The summed E-state index contributed by atoms with van der Waals surface area (Å²) in [5, 5.41) is 3.68. The lowest BCUT2D eigenvalue weighted by atomic mass is 9.91. The van der Waals surface area contributed by atoms with Crippen molar-refractivity contribution in [1.82, 2.24) is 5.32 Å². The average molecular weight is 243 g/mol. The molecule has 0 bridgehead atoms. The Kier molecular flexibility index (Phi) is 8.40. The lowest BCUT2D eigenvalue weighted by Crippen LogP contribution is -2.32. The molecule has 0 aliphatic carbocycles. The first-order valence-corrected chi connectivity index (χ1v) is 8.33. The van der Waals surface area contributed by atoms with Crippen molar-refractivity contribution < 1.29 is 0 Å². The maximum absolute atomic E-state index is 3.68. The van der Waals surface area contributed by atoms with Crippen molar-refractivity contribution in [2.45, 2.75) is 64.8 Å². The van der Waals surface area contributed by atoms with Crippen molar-refractivity contribution in [1.29, 1.82) is 0 Å². The van der Waals surface area contributed by atoms with Gasteiger partial charge in [0.1, 0.15) is 0 Å². The molecule has 1 aliphatic heterocycles. The van der Waals surface area contributed by atoms with Gasteiger partial charge in [0.05, 0.1) is 0 Å². The Bertz CT molecular complexity index is 155. The third-order valence-corrected chi connectivity index (χ3v) is 4.66. The van der Waals surface area contributed by atoms with E-state index in [2.05, 4.69) is 30.9 Å². The Morgan fingerprint density at radius 1 is 1.19 bits per heavy atom. The van der Waals surface area contributed by atoms with Crippen LogP contribution in [-0.4, -0.2) is 24.1 Å². The highest BCUT2D eigenvalue weighted by Crippen LogP contribution is 2.27. The van der Waals surface area contributed by atoms with Crippen LogP contribution in [0.15, 0.2) is 0 Å². The minimum absolute atomic E-state index is 0.796. The molecule has 1 nitrogen and oxygen atoms in total. The van der Waals surface area contributed by atoms with Crippen LogP contribution in [0.2, 0.25) is 0 Å². The van der Waals surface area contributed by atoms with E-state index in [9.17, 15) is 0 Å². The van der Waals surface area contributed by atoms with Crippen molar-refractivity contribution >= 4 is 11.8 Å². The second-order valence-corrected chi connectivity index (χ2v) is 6.27. The lowest BCUT2D eigenvalue weighted by molar-refractivity contribution is 0.348. The molecule has 0 saturated carbocycles. The number of hydrogen-bond donors (Lipinski definition) is 1. The standard InChI is InChI=1S/C14H29NS/c1-3-5-6-7-14(15-4-2)12-13-8-10-16-11-9-13/h13-15H,3-12H2,1-2H3. The minimum atomic E-state index is 0.796. The van der Waals surface area contributed by atoms with Gasteiger partial charge in [-0.1, -0.05) is 33.1 Å². The van der Waals surface area contributed by atoms with Gasteiger partial charge in [-0.05, 0) is 49.7 Å². The summed E-state index contributed by atoms with van der Waals surface area (Å²) >= 11 is 2.14. The summed E-state index contributed by atoms with van der Waals surface area (Å²) in [5.74, 6) is 3.81. The van der Waals surface area contributed by atoms with Gasteiger partial charge in [-0.15, -0.1) is 0 Å². The maximum Gasteiger partial charge on any atom is 0.00695 e. The zero-order chi connectivity index (χ0) is 11.6. The van der Waals surface area contributed by atoms with Gasteiger partial charge in [0.2, 0.25) is 0 Å².